The van der Waals surface area contributed by atoms with E-state index in [0.717, 1.165) is 133 Å². The van der Waals surface area contributed by atoms with E-state index in [0.29, 0.717) is 0 Å². The third-order valence-electron chi connectivity index (χ3n) is 20.1. The molecule has 4 nitrogen and oxygen atoms in total. The summed E-state index contributed by atoms with van der Waals surface area (Å²) in [4.78, 5) is 4.82. The summed E-state index contributed by atoms with van der Waals surface area (Å²) in [5, 5.41) is 11.6. The van der Waals surface area contributed by atoms with Crippen LogP contribution in [0.3, 0.4) is 0 Å². The number of nitrogens with zero attached hydrogens (tertiary/aromatic N) is 2. The minimum atomic E-state index is 0.883. The average molecular weight is 1280 g/mol. The summed E-state index contributed by atoms with van der Waals surface area (Å²) >= 11 is 0. The van der Waals surface area contributed by atoms with Crippen LogP contribution < -0.4 is 9.80 Å². The van der Waals surface area contributed by atoms with E-state index in [1.807, 2.05) is 18.2 Å². The maximum Gasteiger partial charge on any atom is 0.136 e. The lowest BCUT2D eigenvalue weighted by atomic mass is 9.89. The van der Waals surface area contributed by atoms with Crippen LogP contribution in [0.5, 0.6) is 0 Å². The molecule has 19 aromatic rings. The Bertz CT molecular complexity index is 6320. The molecule has 17 aromatic carbocycles. The van der Waals surface area contributed by atoms with Gasteiger partial charge in [0, 0.05) is 55.4 Å². The summed E-state index contributed by atoms with van der Waals surface area (Å²) in [7, 11) is 0. The molecular weight excluding hydrogens is 1210 g/mol. The van der Waals surface area contributed by atoms with Crippen LogP contribution in [-0.4, -0.2) is 0 Å². The maximum atomic E-state index is 6.38. The second-order valence-corrected chi connectivity index (χ2v) is 25.8. The summed E-state index contributed by atoms with van der Waals surface area (Å²) in [6.07, 6.45) is 0. The smallest absolute Gasteiger partial charge is 0.136 e. The van der Waals surface area contributed by atoms with Crippen molar-refractivity contribution in [1.82, 2.24) is 0 Å². The van der Waals surface area contributed by atoms with E-state index in [9.17, 15) is 0 Å². The number of para-hydroxylation sites is 2. The molecule has 0 bridgehead atoms. The highest BCUT2D eigenvalue weighted by molar-refractivity contribution is 6.15. The van der Waals surface area contributed by atoms with Crippen LogP contribution in [0, 0.1) is 0 Å². The molecule has 0 aliphatic carbocycles. The molecule has 4 heteroatoms. The fraction of sp³-hybridized carbons (Fsp3) is 0. The minimum Gasteiger partial charge on any atom is -0.456 e. The van der Waals surface area contributed by atoms with Gasteiger partial charge in [-0.3, -0.25) is 0 Å². The van der Waals surface area contributed by atoms with Crippen molar-refractivity contribution < 1.29 is 8.83 Å². The molecule has 0 atom stereocenters. The molecule has 0 saturated carbocycles. The second-order valence-electron chi connectivity index (χ2n) is 25.8. The van der Waals surface area contributed by atoms with Crippen LogP contribution in [0.15, 0.2) is 385 Å². The van der Waals surface area contributed by atoms with Gasteiger partial charge >= 0.3 is 0 Å². The third-order valence-corrected chi connectivity index (χ3v) is 20.1. The first-order valence-electron chi connectivity index (χ1n) is 34.2. The second kappa shape index (κ2) is 24.4. The number of fused-ring (bicyclic) bond motifs is 9. The highest BCUT2D eigenvalue weighted by Crippen LogP contribution is 2.48. The first kappa shape index (κ1) is 58.1. The summed E-state index contributed by atoms with van der Waals surface area (Å²) in [6, 6.07) is 136. The number of benzene rings is 17. The van der Waals surface area contributed by atoms with Crippen LogP contribution >= 0.6 is 0 Å². The Morgan fingerprint density at radius 3 is 1.11 bits per heavy atom. The predicted molar refractivity (Wildman–Crippen MR) is 421 cm³/mol. The van der Waals surface area contributed by atoms with Gasteiger partial charge in [0.05, 0.1) is 5.69 Å². The summed E-state index contributed by atoms with van der Waals surface area (Å²) in [6.45, 7) is 0. The van der Waals surface area contributed by atoms with Gasteiger partial charge in [0.25, 0.3) is 0 Å². The van der Waals surface area contributed by atoms with E-state index in [4.69, 9.17) is 8.83 Å². The Morgan fingerprint density at radius 2 is 0.510 bits per heavy atom. The fourth-order valence-corrected chi connectivity index (χ4v) is 15.4. The standard InChI is InChI=1S/C96H62N2O2/c1-2-19-63(20-3-1)64-43-45-65(46-44-64)66-47-53-72(54-48-66)97(73-55-49-68(50-56-73)80-33-17-41-93-95(80)88-30-8-10-39-91(88)99-93)75-25-12-24-71(61-75)79-59-60-86(83-29-7-6-28-82(79)83)84-35-15-37-87-85(84)36-16-38-90(87)98(76-26-13-23-70(62-76)78-32-14-22-67-21-4-5-27-77(67)78)74-57-51-69(52-58-74)81-34-18-42-94-96(81)89-31-9-11-40-92(89)100-94/h1-62H. The molecule has 0 unspecified atom stereocenters. The molecule has 0 spiro atoms. The van der Waals surface area contributed by atoms with Crippen molar-refractivity contribution in [3.8, 4) is 77.9 Å². The highest BCUT2D eigenvalue weighted by Gasteiger charge is 2.23. The van der Waals surface area contributed by atoms with E-state index < -0.39 is 0 Å². The van der Waals surface area contributed by atoms with Crippen molar-refractivity contribution in [2.75, 3.05) is 9.80 Å². The molecule has 0 radical (unpaired) electrons. The number of hydrogen-bond donors (Lipinski definition) is 0. The van der Waals surface area contributed by atoms with Gasteiger partial charge in [-0.2, -0.15) is 0 Å². The van der Waals surface area contributed by atoms with Crippen LogP contribution in [0.2, 0.25) is 0 Å². The van der Waals surface area contributed by atoms with Gasteiger partial charge in [-0.15, -0.1) is 0 Å². The normalized spacial score (nSPS) is 11.6. The van der Waals surface area contributed by atoms with E-state index in [1.165, 1.54) is 54.9 Å². The molecule has 2 aromatic heterocycles. The lowest BCUT2D eigenvalue weighted by molar-refractivity contribution is 0.668. The van der Waals surface area contributed by atoms with E-state index in [2.05, 4.69) is 368 Å². The van der Waals surface area contributed by atoms with E-state index >= 15 is 0 Å². The van der Waals surface area contributed by atoms with Gasteiger partial charge in [0.1, 0.15) is 22.3 Å². The molecule has 0 amide bonds. The summed E-state index contributed by atoms with van der Waals surface area (Å²) < 4.78 is 12.7. The van der Waals surface area contributed by atoms with Crippen molar-refractivity contribution in [2.45, 2.75) is 0 Å². The average Bonchev–Trinajstić information content (AvgIpc) is 0.987. The lowest BCUT2D eigenvalue weighted by Gasteiger charge is -2.28. The predicted octanol–water partition coefficient (Wildman–Crippen LogP) is 27.6. The first-order valence-corrected chi connectivity index (χ1v) is 34.2. The maximum absolute atomic E-state index is 6.38. The largest absolute Gasteiger partial charge is 0.456 e. The number of hydrogen-bond acceptors (Lipinski definition) is 4. The molecule has 468 valence electrons. The Kier molecular flexibility index (Phi) is 14.2. The van der Waals surface area contributed by atoms with Crippen LogP contribution in [-0.2, 0) is 0 Å². The van der Waals surface area contributed by atoms with Gasteiger partial charge in [0.2, 0.25) is 0 Å². The molecule has 0 saturated heterocycles. The van der Waals surface area contributed by atoms with Crippen molar-refractivity contribution in [1.29, 1.82) is 0 Å². The molecule has 0 N–H and O–H groups in total. The van der Waals surface area contributed by atoms with Crippen molar-refractivity contribution in [3.63, 3.8) is 0 Å². The minimum absolute atomic E-state index is 0.883. The van der Waals surface area contributed by atoms with Crippen molar-refractivity contribution >= 4 is 110 Å². The van der Waals surface area contributed by atoms with E-state index in [-0.39, 0.29) is 0 Å². The summed E-state index contributed by atoms with van der Waals surface area (Å²) in [5.74, 6) is 0. The summed E-state index contributed by atoms with van der Waals surface area (Å²) in [5.41, 5.74) is 26.1. The van der Waals surface area contributed by atoms with Crippen LogP contribution in [0.25, 0.3) is 154 Å². The van der Waals surface area contributed by atoms with Gasteiger partial charge in [0.15, 0.2) is 0 Å². The number of furan rings is 2. The Hall–Kier alpha value is -13.3. The third kappa shape index (κ3) is 10.2. The fourth-order valence-electron chi connectivity index (χ4n) is 15.4. The quantitative estimate of drug-likeness (QED) is 0.115. The Labute approximate surface area is 579 Å². The Balaban J connectivity index is 0.709. The zero-order chi connectivity index (χ0) is 66.0. The van der Waals surface area contributed by atoms with Gasteiger partial charge in [-0.25, -0.2) is 0 Å². The molecule has 0 fully saturated rings. The molecule has 0 aliphatic rings. The van der Waals surface area contributed by atoms with Crippen LogP contribution in [0.4, 0.5) is 34.1 Å². The molecule has 0 aliphatic heterocycles. The topological polar surface area (TPSA) is 32.8 Å². The number of rotatable bonds is 13. The zero-order valence-corrected chi connectivity index (χ0v) is 54.5. The lowest BCUT2D eigenvalue weighted by Crippen LogP contribution is -2.10. The number of anilines is 6. The first-order chi connectivity index (χ1) is 49.6. The highest BCUT2D eigenvalue weighted by atomic mass is 16.3. The molecule has 19 rings (SSSR count). The molecule has 2 heterocycles. The SMILES string of the molecule is c1ccc(-c2ccc(-c3ccc(N(c4ccc(-c5cccc6oc7ccccc7c56)cc4)c4cccc(-c5ccc(-c6cccc7c(N(c8ccc(-c9cccc%10oc%11ccccc%11c9%10)cc8)c8cccc(-c9cccc%10ccccc9%10)c8)cccc67)c6ccccc56)c4)cc3)cc2)cc1. The van der Waals surface area contributed by atoms with Gasteiger partial charge < -0.3 is 18.6 Å². The monoisotopic (exact) mass is 1270 g/mol. The van der Waals surface area contributed by atoms with Crippen LogP contribution in [0.1, 0.15) is 0 Å². The van der Waals surface area contributed by atoms with Crippen molar-refractivity contribution in [3.05, 3.63) is 376 Å². The molecular formula is C96H62N2O2. The van der Waals surface area contributed by atoms with Crippen molar-refractivity contribution in [2.24, 2.45) is 0 Å². The van der Waals surface area contributed by atoms with E-state index in [1.54, 1.807) is 0 Å². The van der Waals surface area contributed by atoms with Gasteiger partial charge in [-0.1, -0.05) is 285 Å². The Morgan fingerprint density at radius 1 is 0.170 bits per heavy atom. The molecule has 100 heavy (non-hydrogen) atoms. The zero-order valence-electron chi connectivity index (χ0n) is 54.5. The van der Waals surface area contributed by atoms with Gasteiger partial charge in [-0.05, 0) is 196 Å².